The molecule has 1 aromatic carbocycles. The first kappa shape index (κ1) is 12.9. The summed E-state index contributed by atoms with van der Waals surface area (Å²) in [6, 6.07) is 5.25. The third-order valence-corrected chi connectivity index (χ3v) is 3.53. The Bertz CT molecular complexity index is 538. The van der Waals surface area contributed by atoms with Crippen LogP contribution in [0.2, 0.25) is 0 Å². The maximum Gasteiger partial charge on any atom is 0.262 e. The number of hydrogen-bond acceptors (Lipinski definition) is 4. The zero-order valence-electron chi connectivity index (χ0n) is 11.1. The van der Waals surface area contributed by atoms with E-state index in [2.05, 4.69) is 16.0 Å². The van der Waals surface area contributed by atoms with Gasteiger partial charge in [-0.05, 0) is 43.6 Å². The van der Waals surface area contributed by atoms with Crippen molar-refractivity contribution in [2.45, 2.75) is 12.8 Å². The Kier molecular flexibility index (Phi) is 3.56. The minimum atomic E-state index is -0.182. The van der Waals surface area contributed by atoms with Gasteiger partial charge in [-0.25, -0.2) is 0 Å². The number of hydrogen-bond donors (Lipinski definition) is 3. The third kappa shape index (κ3) is 2.91. The number of anilines is 2. The minimum absolute atomic E-state index is 0.00158. The maximum atomic E-state index is 11.9. The number of benzene rings is 1. The molecule has 2 aliphatic rings. The van der Waals surface area contributed by atoms with Gasteiger partial charge in [-0.1, -0.05) is 0 Å². The van der Waals surface area contributed by atoms with Crippen LogP contribution < -0.4 is 20.7 Å². The molecule has 6 nitrogen and oxygen atoms in total. The van der Waals surface area contributed by atoms with Crippen molar-refractivity contribution in [3.05, 3.63) is 18.2 Å². The molecule has 0 aliphatic carbocycles. The summed E-state index contributed by atoms with van der Waals surface area (Å²) < 4.78 is 5.27. The van der Waals surface area contributed by atoms with E-state index in [9.17, 15) is 9.59 Å². The van der Waals surface area contributed by atoms with E-state index in [0.29, 0.717) is 29.5 Å². The van der Waals surface area contributed by atoms with Crippen LogP contribution in [0.25, 0.3) is 0 Å². The highest BCUT2D eigenvalue weighted by Gasteiger charge is 2.19. The van der Waals surface area contributed by atoms with Crippen molar-refractivity contribution in [3.8, 4) is 5.75 Å². The molecule has 0 bridgehead atoms. The molecule has 2 heterocycles. The van der Waals surface area contributed by atoms with Crippen molar-refractivity contribution in [2.24, 2.45) is 5.92 Å². The lowest BCUT2D eigenvalue weighted by Crippen LogP contribution is -2.25. The Hall–Kier alpha value is -2.08. The molecule has 20 heavy (non-hydrogen) atoms. The molecule has 0 aromatic heterocycles. The van der Waals surface area contributed by atoms with Gasteiger partial charge in [0.1, 0.15) is 5.75 Å². The summed E-state index contributed by atoms with van der Waals surface area (Å²) in [5, 5.41) is 8.82. The van der Waals surface area contributed by atoms with E-state index in [1.807, 2.05) is 0 Å². The molecule has 0 saturated carbocycles. The van der Waals surface area contributed by atoms with E-state index < -0.39 is 0 Å². The van der Waals surface area contributed by atoms with Gasteiger partial charge in [0.05, 0.1) is 5.69 Å². The molecule has 0 radical (unpaired) electrons. The van der Waals surface area contributed by atoms with E-state index in [1.165, 1.54) is 0 Å². The standard InChI is InChI=1S/C14H17N3O3/c18-13(5-9-3-4-15-7-9)16-10-1-2-12-11(6-10)17-14(19)8-20-12/h1-2,6,9,15H,3-5,7-8H2,(H,16,18)(H,17,19). The van der Waals surface area contributed by atoms with Crippen molar-refractivity contribution in [1.82, 2.24) is 5.32 Å². The second-order valence-electron chi connectivity index (χ2n) is 5.16. The minimum Gasteiger partial charge on any atom is -0.482 e. The fraction of sp³-hybridized carbons (Fsp3) is 0.429. The summed E-state index contributed by atoms with van der Waals surface area (Å²) in [4.78, 5) is 23.2. The number of carbonyl (C=O) groups is 2. The van der Waals surface area contributed by atoms with Crippen LogP contribution in [-0.4, -0.2) is 31.5 Å². The predicted octanol–water partition coefficient (Wildman–Crippen LogP) is 0.956. The number of carbonyl (C=O) groups excluding carboxylic acids is 2. The smallest absolute Gasteiger partial charge is 0.262 e. The van der Waals surface area contributed by atoms with Gasteiger partial charge >= 0.3 is 0 Å². The Morgan fingerprint density at radius 1 is 1.45 bits per heavy atom. The summed E-state index contributed by atoms with van der Waals surface area (Å²) in [6.07, 6.45) is 1.56. The normalized spacial score (nSPS) is 20.8. The van der Waals surface area contributed by atoms with Crippen LogP contribution in [0, 0.1) is 5.92 Å². The molecule has 1 fully saturated rings. The van der Waals surface area contributed by atoms with Gasteiger partial charge in [-0.3, -0.25) is 9.59 Å². The largest absolute Gasteiger partial charge is 0.482 e. The van der Waals surface area contributed by atoms with E-state index in [4.69, 9.17) is 4.74 Å². The molecule has 1 atom stereocenters. The fourth-order valence-electron chi connectivity index (χ4n) is 2.52. The molecule has 3 N–H and O–H groups in total. The number of rotatable bonds is 3. The van der Waals surface area contributed by atoms with Gasteiger partial charge in [0, 0.05) is 12.1 Å². The topological polar surface area (TPSA) is 79.5 Å². The summed E-state index contributed by atoms with van der Waals surface area (Å²) in [5.41, 5.74) is 1.27. The van der Waals surface area contributed by atoms with Gasteiger partial charge in [0.2, 0.25) is 5.91 Å². The van der Waals surface area contributed by atoms with E-state index in [1.54, 1.807) is 18.2 Å². The zero-order chi connectivity index (χ0) is 13.9. The molecule has 106 valence electrons. The molecule has 2 aliphatic heterocycles. The molecule has 3 rings (SSSR count). The zero-order valence-corrected chi connectivity index (χ0v) is 11.1. The van der Waals surface area contributed by atoms with Crippen LogP contribution >= 0.6 is 0 Å². The molecule has 1 saturated heterocycles. The van der Waals surface area contributed by atoms with Crippen molar-refractivity contribution >= 4 is 23.2 Å². The lowest BCUT2D eigenvalue weighted by atomic mass is 10.0. The van der Waals surface area contributed by atoms with Crippen LogP contribution in [0.3, 0.4) is 0 Å². The Morgan fingerprint density at radius 2 is 2.35 bits per heavy atom. The van der Waals surface area contributed by atoms with Crippen molar-refractivity contribution < 1.29 is 14.3 Å². The summed E-state index contributed by atoms with van der Waals surface area (Å²) >= 11 is 0. The van der Waals surface area contributed by atoms with Crippen molar-refractivity contribution in [3.63, 3.8) is 0 Å². The van der Waals surface area contributed by atoms with E-state index >= 15 is 0 Å². The van der Waals surface area contributed by atoms with Crippen molar-refractivity contribution in [2.75, 3.05) is 30.3 Å². The molecule has 1 unspecified atom stereocenters. The molecule has 1 aromatic rings. The molecule has 6 heteroatoms. The summed E-state index contributed by atoms with van der Waals surface area (Å²) in [5.74, 6) is 0.859. The number of amides is 2. The highest BCUT2D eigenvalue weighted by atomic mass is 16.5. The second-order valence-corrected chi connectivity index (χ2v) is 5.16. The quantitative estimate of drug-likeness (QED) is 0.767. The number of fused-ring (bicyclic) bond motifs is 1. The van der Waals surface area contributed by atoms with E-state index in [-0.39, 0.29) is 18.4 Å². The van der Waals surface area contributed by atoms with Gasteiger partial charge < -0.3 is 20.7 Å². The SMILES string of the molecule is O=C(CC1CCNC1)Nc1ccc2c(c1)NC(=O)CO2. The summed E-state index contributed by atoms with van der Waals surface area (Å²) in [7, 11) is 0. The van der Waals surface area contributed by atoms with Gasteiger partial charge in [-0.2, -0.15) is 0 Å². The Balaban J connectivity index is 1.63. The van der Waals surface area contributed by atoms with Crippen LogP contribution in [0.4, 0.5) is 11.4 Å². The fourth-order valence-corrected chi connectivity index (χ4v) is 2.52. The third-order valence-electron chi connectivity index (χ3n) is 3.53. The lowest BCUT2D eigenvalue weighted by Gasteiger charge is -2.18. The second kappa shape index (κ2) is 5.50. The Labute approximate surface area is 116 Å². The lowest BCUT2D eigenvalue weighted by molar-refractivity contribution is -0.118. The molecule has 2 amide bonds. The van der Waals surface area contributed by atoms with Crippen LogP contribution in [0.1, 0.15) is 12.8 Å². The van der Waals surface area contributed by atoms with Gasteiger partial charge in [-0.15, -0.1) is 0 Å². The highest BCUT2D eigenvalue weighted by Crippen LogP contribution is 2.30. The van der Waals surface area contributed by atoms with Crippen LogP contribution in [-0.2, 0) is 9.59 Å². The Morgan fingerprint density at radius 3 is 3.15 bits per heavy atom. The number of nitrogens with one attached hydrogen (secondary N) is 3. The summed E-state index contributed by atoms with van der Waals surface area (Å²) in [6.45, 7) is 1.93. The molecular formula is C14H17N3O3. The van der Waals surface area contributed by atoms with Crippen LogP contribution in [0.5, 0.6) is 5.75 Å². The first-order valence-corrected chi connectivity index (χ1v) is 6.78. The predicted molar refractivity (Wildman–Crippen MR) is 74.8 cm³/mol. The van der Waals surface area contributed by atoms with Crippen molar-refractivity contribution in [1.29, 1.82) is 0 Å². The number of ether oxygens (including phenoxy) is 1. The first-order chi connectivity index (χ1) is 9.70. The van der Waals surface area contributed by atoms with E-state index in [0.717, 1.165) is 19.5 Å². The molecule has 0 spiro atoms. The molecular weight excluding hydrogens is 258 g/mol. The highest BCUT2D eigenvalue weighted by molar-refractivity contribution is 5.97. The van der Waals surface area contributed by atoms with Crippen LogP contribution in [0.15, 0.2) is 18.2 Å². The average molecular weight is 275 g/mol. The van der Waals surface area contributed by atoms with Gasteiger partial charge in [0.15, 0.2) is 6.61 Å². The average Bonchev–Trinajstić information content (AvgIpc) is 2.91. The monoisotopic (exact) mass is 275 g/mol. The maximum absolute atomic E-state index is 11.9. The van der Waals surface area contributed by atoms with Gasteiger partial charge in [0.25, 0.3) is 5.91 Å². The first-order valence-electron chi connectivity index (χ1n) is 6.78.